The number of halogens is 1. The Balaban J connectivity index is 1.49. The SMILES string of the molecule is NC(=O)c1ccc(Nc2cc(C(=O)Nc3cncc(-c4ccccc4F)c3)ccn2)nc1. The van der Waals surface area contributed by atoms with E-state index in [2.05, 4.69) is 25.6 Å². The lowest BCUT2D eigenvalue weighted by molar-refractivity contribution is 0.0997. The number of nitrogens with two attached hydrogens (primary N) is 1. The van der Waals surface area contributed by atoms with E-state index in [0.717, 1.165) is 0 Å². The van der Waals surface area contributed by atoms with Gasteiger partial charge in [-0.2, -0.15) is 0 Å². The van der Waals surface area contributed by atoms with Gasteiger partial charge in [0.2, 0.25) is 5.91 Å². The molecule has 0 spiro atoms. The molecular weight excluding hydrogens is 411 g/mol. The van der Waals surface area contributed by atoms with Crippen LogP contribution in [-0.4, -0.2) is 26.8 Å². The quantitative estimate of drug-likeness (QED) is 0.430. The molecule has 4 N–H and O–H groups in total. The lowest BCUT2D eigenvalue weighted by Crippen LogP contribution is -2.13. The van der Waals surface area contributed by atoms with Crippen molar-refractivity contribution < 1.29 is 14.0 Å². The number of anilines is 3. The normalized spacial score (nSPS) is 10.4. The molecule has 0 aliphatic carbocycles. The van der Waals surface area contributed by atoms with Crippen LogP contribution in [0.4, 0.5) is 21.7 Å². The maximum absolute atomic E-state index is 14.1. The Morgan fingerprint density at radius 2 is 1.72 bits per heavy atom. The molecule has 3 aromatic heterocycles. The molecule has 0 bridgehead atoms. The number of carbonyl (C=O) groups excluding carboxylic acids is 2. The Labute approximate surface area is 182 Å². The van der Waals surface area contributed by atoms with Crippen LogP contribution in [0, 0.1) is 5.82 Å². The number of primary amides is 1. The Bertz CT molecular complexity index is 1290. The van der Waals surface area contributed by atoms with Crippen LogP contribution in [0.2, 0.25) is 0 Å². The molecule has 4 rings (SSSR count). The summed E-state index contributed by atoms with van der Waals surface area (Å²) < 4.78 is 14.1. The second kappa shape index (κ2) is 9.00. The minimum atomic E-state index is -0.575. The average molecular weight is 428 g/mol. The summed E-state index contributed by atoms with van der Waals surface area (Å²) in [6.45, 7) is 0. The first kappa shape index (κ1) is 20.6. The zero-order chi connectivity index (χ0) is 22.5. The van der Waals surface area contributed by atoms with Crippen molar-refractivity contribution in [2.75, 3.05) is 10.6 Å². The number of aromatic nitrogens is 3. The lowest BCUT2D eigenvalue weighted by atomic mass is 10.1. The number of nitrogens with zero attached hydrogens (tertiary/aromatic N) is 3. The van der Waals surface area contributed by atoms with Crippen molar-refractivity contribution in [2.45, 2.75) is 0 Å². The van der Waals surface area contributed by atoms with Crippen molar-refractivity contribution in [1.29, 1.82) is 0 Å². The Hall–Kier alpha value is -4.66. The minimum absolute atomic E-state index is 0.280. The number of carbonyl (C=O) groups is 2. The van der Waals surface area contributed by atoms with Gasteiger partial charge in [-0.3, -0.25) is 14.6 Å². The van der Waals surface area contributed by atoms with Crippen molar-refractivity contribution in [2.24, 2.45) is 5.73 Å². The van der Waals surface area contributed by atoms with Gasteiger partial charge in [0.1, 0.15) is 17.5 Å². The van der Waals surface area contributed by atoms with Crippen LogP contribution < -0.4 is 16.4 Å². The first-order valence-corrected chi connectivity index (χ1v) is 9.50. The molecule has 1 aromatic carbocycles. The summed E-state index contributed by atoms with van der Waals surface area (Å²) in [5.41, 5.74) is 7.18. The van der Waals surface area contributed by atoms with Crippen LogP contribution >= 0.6 is 0 Å². The number of hydrogen-bond acceptors (Lipinski definition) is 6. The number of nitrogens with one attached hydrogen (secondary N) is 2. The molecule has 2 amide bonds. The molecule has 32 heavy (non-hydrogen) atoms. The van der Waals surface area contributed by atoms with E-state index in [1.807, 2.05) is 0 Å². The maximum atomic E-state index is 14.1. The van der Waals surface area contributed by atoms with E-state index in [-0.39, 0.29) is 17.3 Å². The summed E-state index contributed by atoms with van der Waals surface area (Å²) >= 11 is 0. The van der Waals surface area contributed by atoms with E-state index in [1.165, 1.54) is 36.9 Å². The zero-order valence-corrected chi connectivity index (χ0v) is 16.6. The Morgan fingerprint density at radius 3 is 2.47 bits per heavy atom. The third kappa shape index (κ3) is 4.73. The largest absolute Gasteiger partial charge is 0.366 e. The lowest BCUT2D eigenvalue weighted by Gasteiger charge is -2.09. The van der Waals surface area contributed by atoms with Crippen LogP contribution in [-0.2, 0) is 0 Å². The summed E-state index contributed by atoms with van der Waals surface area (Å²) in [4.78, 5) is 36.2. The van der Waals surface area contributed by atoms with Gasteiger partial charge < -0.3 is 16.4 Å². The smallest absolute Gasteiger partial charge is 0.255 e. The third-order valence-electron chi connectivity index (χ3n) is 4.51. The average Bonchev–Trinajstić information content (AvgIpc) is 2.80. The second-order valence-corrected chi connectivity index (χ2v) is 6.75. The first-order chi connectivity index (χ1) is 15.5. The van der Waals surface area contributed by atoms with Gasteiger partial charge in [-0.1, -0.05) is 18.2 Å². The highest BCUT2D eigenvalue weighted by molar-refractivity contribution is 6.04. The Kier molecular flexibility index (Phi) is 5.80. The highest BCUT2D eigenvalue weighted by Gasteiger charge is 2.11. The van der Waals surface area contributed by atoms with Gasteiger partial charge >= 0.3 is 0 Å². The first-order valence-electron chi connectivity index (χ1n) is 9.50. The molecule has 0 aliphatic rings. The van der Waals surface area contributed by atoms with Gasteiger partial charge in [0.15, 0.2) is 0 Å². The van der Waals surface area contributed by atoms with Crippen LogP contribution in [0.15, 0.2) is 79.4 Å². The monoisotopic (exact) mass is 428 g/mol. The molecule has 8 nitrogen and oxygen atoms in total. The van der Waals surface area contributed by atoms with Crippen molar-refractivity contribution in [3.05, 3.63) is 96.3 Å². The summed E-state index contributed by atoms with van der Waals surface area (Å²) in [6.07, 6.45) is 5.83. The Morgan fingerprint density at radius 1 is 0.875 bits per heavy atom. The number of pyridine rings is 3. The molecular formula is C23H17FN6O2. The predicted octanol–water partition coefficient (Wildman–Crippen LogP) is 3.77. The standard InChI is InChI=1S/C23H17FN6O2/c24-19-4-2-1-3-18(19)16-9-17(13-26-11-16)29-23(32)14-7-8-27-21(10-14)30-20-6-5-15(12-28-20)22(25)31/h1-13H,(H2,25,31)(H,29,32)(H,27,28,30). The van der Waals surface area contributed by atoms with E-state index in [0.29, 0.717) is 34.0 Å². The molecule has 0 aliphatic heterocycles. The molecule has 0 unspecified atom stereocenters. The van der Waals surface area contributed by atoms with Gasteiger partial charge in [0.25, 0.3) is 5.91 Å². The van der Waals surface area contributed by atoms with Gasteiger partial charge in [-0.15, -0.1) is 0 Å². The summed E-state index contributed by atoms with van der Waals surface area (Å²) in [6, 6.07) is 14.2. The molecule has 0 fully saturated rings. The van der Waals surface area contributed by atoms with Crippen LogP contribution in [0.3, 0.4) is 0 Å². The van der Waals surface area contributed by atoms with Crippen LogP contribution in [0.25, 0.3) is 11.1 Å². The van der Waals surface area contributed by atoms with Crippen molar-refractivity contribution in [3.63, 3.8) is 0 Å². The van der Waals surface area contributed by atoms with Crippen molar-refractivity contribution in [1.82, 2.24) is 15.0 Å². The molecule has 158 valence electrons. The molecule has 0 saturated heterocycles. The van der Waals surface area contributed by atoms with Gasteiger partial charge in [-0.25, -0.2) is 14.4 Å². The number of benzene rings is 1. The van der Waals surface area contributed by atoms with E-state index in [9.17, 15) is 14.0 Å². The minimum Gasteiger partial charge on any atom is -0.366 e. The van der Waals surface area contributed by atoms with Gasteiger partial charge in [0.05, 0.1) is 17.4 Å². The van der Waals surface area contributed by atoms with Gasteiger partial charge in [-0.05, 0) is 36.4 Å². The topological polar surface area (TPSA) is 123 Å². The van der Waals surface area contributed by atoms with Crippen LogP contribution in [0.5, 0.6) is 0 Å². The van der Waals surface area contributed by atoms with Gasteiger partial charge in [0, 0.05) is 35.3 Å². The molecule has 0 saturated carbocycles. The van der Waals surface area contributed by atoms with E-state index in [1.54, 1.807) is 42.5 Å². The number of amides is 2. The summed E-state index contributed by atoms with van der Waals surface area (Å²) in [5.74, 6) is -0.522. The van der Waals surface area contributed by atoms with Crippen molar-refractivity contribution in [3.8, 4) is 11.1 Å². The fourth-order valence-electron chi connectivity index (χ4n) is 2.94. The highest BCUT2D eigenvalue weighted by atomic mass is 19.1. The second-order valence-electron chi connectivity index (χ2n) is 6.75. The zero-order valence-electron chi connectivity index (χ0n) is 16.6. The molecule has 0 atom stereocenters. The molecule has 3 heterocycles. The fourth-order valence-corrected chi connectivity index (χ4v) is 2.94. The van der Waals surface area contributed by atoms with E-state index < -0.39 is 5.91 Å². The number of rotatable bonds is 6. The highest BCUT2D eigenvalue weighted by Crippen LogP contribution is 2.24. The number of hydrogen-bond donors (Lipinski definition) is 3. The summed E-state index contributed by atoms with van der Waals surface area (Å²) in [7, 11) is 0. The summed E-state index contributed by atoms with van der Waals surface area (Å²) in [5, 5.41) is 5.71. The van der Waals surface area contributed by atoms with E-state index >= 15 is 0 Å². The van der Waals surface area contributed by atoms with Crippen LogP contribution in [0.1, 0.15) is 20.7 Å². The van der Waals surface area contributed by atoms with Crippen molar-refractivity contribution >= 4 is 29.1 Å². The molecule has 9 heteroatoms. The fraction of sp³-hybridized carbons (Fsp3) is 0. The maximum Gasteiger partial charge on any atom is 0.255 e. The molecule has 0 radical (unpaired) electrons. The third-order valence-corrected chi connectivity index (χ3v) is 4.51. The molecule has 4 aromatic rings. The predicted molar refractivity (Wildman–Crippen MR) is 118 cm³/mol. The van der Waals surface area contributed by atoms with E-state index in [4.69, 9.17) is 5.73 Å².